The van der Waals surface area contributed by atoms with Crippen molar-refractivity contribution in [1.29, 1.82) is 0 Å². The molecule has 0 radical (unpaired) electrons. The third-order valence-electron chi connectivity index (χ3n) is 4.35. The Morgan fingerprint density at radius 3 is 2.62 bits per heavy atom. The molecule has 0 aromatic heterocycles. The molecule has 0 amide bonds. The minimum Gasteiger partial charge on any atom is -0.383 e. The Balaban J connectivity index is 1.66. The molecule has 0 unspecified atom stereocenters. The number of nitrogens with zero attached hydrogens (tertiary/aromatic N) is 2. The van der Waals surface area contributed by atoms with Crippen molar-refractivity contribution in [3.8, 4) is 0 Å². The van der Waals surface area contributed by atoms with E-state index in [0.717, 1.165) is 64.8 Å². The molecule has 2 rings (SSSR count). The summed E-state index contributed by atoms with van der Waals surface area (Å²) in [5.74, 6) is 0.915. The fourth-order valence-corrected chi connectivity index (χ4v) is 2.76. The predicted molar refractivity (Wildman–Crippen MR) is 84.8 cm³/mol. The van der Waals surface area contributed by atoms with E-state index in [1.54, 1.807) is 7.11 Å². The second-order valence-electron chi connectivity index (χ2n) is 6.48. The van der Waals surface area contributed by atoms with Crippen molar-refractivity contribution in [2.75, 3.05) is 60.2 Å². The van der Waals surface area contributed by atoms with Crippen molar-refractivity contribution in [1.82, 2.24) is 15.5 Å². The first-order valence-electron chi connectivity index (χ1n) is 7.91. The average molecular weight is 298 g/mol. The van der Waals surface area contributed by atoms with Crippen molar-refractivity contribution in [3.05, 3.63) is 0 Å². The summed E-state index contributed by atoms with van der Waals surface area (Å²) >= 11 is 0. The summed E-state index contributed by atoms with van der Waals surface area (Å²) in [5.41, 5.74) is 0.265. The van der Waals surface area contributed by atoms with Crippen LogP contribution in [-0.2, 0) is 9.47 Å². The van der Waals surface area contributed by atoms with Gasteiger partial charge in [0.1, 0.15) is 0 Å². The van der Waals surface area contributed by atoms with Crippen molar-refractivity contribution in [3.63, 3.8) is 0 Å². The molecule has 6 nitrogen and oxygen atoms in total. The molecule has 0 aliphatic carbocycles. The number of hydrogen-bond acceptors (Lipinski definition) is 4. The van der Waals surface area contributed by atoms with E-state index in [0.29, 0.717) is 6.04 Å². The highest BCUT2D eigenvalue weighted by Gasteiger charge is 2.33. The maximum absolute atomic E-state index is 5.28. The highest BCUT2D eigenvalue weighted by Crippen LogP contribution is 2.24. The molecule has 0 bridgehead atoms. The SMILES string of the molecule is CN=C(NCC1(C)COC1)NC1CCN(CCOC)CC1. The Morgan fingerprint density at radius 2 is 2.10 bits per heavy atom. The third kappa shape index (κ3) is 5.13. The zero-order valence-corrected chi connectivity index (χ0v) is 13.7. The minimum atomic E-state index is 0.265. The number of ether oxygens (including phenoxy) is 2. The number of likely N-dealkylation sites (tertiary alicyclic amines) is 1. The van der Waals surface area contributed by atoms with E-state index in [9.17, 15) is 0 Å². The summed E-state index contributed by atoms with van der Waals surface area (Å²) in [7, 11) is 3.60. The smallest absolute Gasteiger partial charge is 0.191 e. The largest absolute Gasteiger partial charge is 0.383 e. The standard InChI is InChI=1S/C15H30N4O2/c1-15(11-21-12-15)10-17-14(16-2)18-13-4-6-19(7-5-13)8-9-20-3/h13H,4-12H2,1-3H3,(H2,16,17,18). The number of guanidine groups is 1. The summed E-state index contributed by atoms with van der Waals surface area (Å²) < 4.78 is 10.4. The van der Waals surface area contributed by atoms with Crippen LogP contribution in [0.25, 0.3) is 0 Å². The molecule has 0 atom stereocenters. The Bertz CT molecular complexity index is 337. The first-order chi connectivity index (χ1) is 10.1. The Morgan fingerprint density at radius 1 is 1.38 bits per heavy atom. The first kappa shape index (κ1) is 16.5. The fourth-order valence-electron chi connectivity index (χ4n) is 2.76. The zero-order chi connectivity index (χ0) is 15.1. The van der Waals surface area contributed by atoms with Gasteiger partial charge in [0, 0.05) is 51.8 Å². The van der Waals surface area contributed by atoms with Crippen molar-refractivity contribution in [2.24, 2.45) is 10.4 Å². The molecule has 0 spiro atoms. The molecule has 2 aliphatic heterocycles. The molecule has 21 heavy (non-hydrogen) atoms. The molecule has 2 heterocycles. The monoisotopic (exact) mass is 298 g/mol. The first-order valence-corrected chi connectivity index (χ1v) is 7.91. The van der Waals surface area contributed by atoms with Crippen molar-refractivity contribution < 1.29 is 9.47 Å². The maximum Gasteiger partial charge on any atom is 0.191 e. The average Bonchev–Trinajstić information content (AvgIpc) is 2.48. The van der Waals surface area contributed by atoms with Crippen LogP contribution in [0.2, 0.25) is 0 Å². The zero-order valence-electron chi connectivity index (χ0n) is 13.7. The normalized spacial score (nSPS) is 23.7. The highest BCUT2D eigenvalue weighted by atomic mass is 16.5. The summed E-state index contributed by atoms with van der Waals surface area (Å²) in [6.45, 7) is 8.96. The van der Waals surface area contributed by atoms with E-state index in [-0.39, 0.29) is 5.41 Å². The number of rotatable bonds is 6. The Hall–Kier alpha value is -0.850. The van der Waals surface area contributed by atoms with Gasteiger partial charge < -0.3 is 25.0 Å². The number of piperidine rings is 1. The van der Waals surface area contributed by atoms with Crippen LogP contribution < -0.4 is 10.6 Å². The lowest BCUT2D eigenvalue weighted by atomic mass is 9.89. The highest BCUT2D eigenvalue weighted by molar-refractivity contribution is 5.80. The molecule has 0 saturated carbocycles. The second-order valence-corrected chi connectivity index (χ2v) is 6.48. The van der Waals surface area contributed by atoms with Crippen LogP contribution in [-0.4, -0.2) is 77.1 Å². The molecular weight excluding hydrogens is 268 g/mol. The quantitative estimate of drug-likeness (QED) is 0.545. The van der Waals surface area contributed by atoms with Gasteiger partial charge in [-0.05, 0) is 12.8 Å². The van der Waals surface area contributed by atoms with Crippen LogP contribution in [0.15, 0.2) is 4.99 Å². The summed E-state index contributed by atoms with van der Waals surface area (Å²) in [6, 6.07) is 0.514. The molecule has 0 aromatic carbocycles. The van der Waals surface area contributed by atoms with Crippen molar-refractivity contribution >= 4 is 5.96 Å². The molecule has 2 saturated heterocycles. The van der Waals surface area contributed by atoms with Gasteiger partial charge in [0.15, 0.2) is 5.96 Å². The van der Waals surface area contributed by atoms with Crippen LogP contribution in [0.1, 0.15) is 19.8 Å². The van der Waals surface area contributed by atoms with Gasteiger partial charge >= 0.3 is 0 Å². The lowest BCUT2D eigenvalue weighted by molar-refractivity contribution is -0.0971. The number of aliphatic imine (C=N–C) groups is 1. The van der Waals surface area contributed by atoms with Crippen molar-refractivity contribution in [2.45, 2.75) is 25.8 Å². The van der Waals surface area contributed by atoms with Crippen LogP contribution in [0.3, 0.4) is 0 Å². The number of hydrogen-bond donors (Lipinski definition) is 2. The van der Waals surface area contributed by atoms with Gasteiger partial charge in [-0.25, -0.2) is 0 Å². The Labute approximate surface area is 128 Å². The van der Waals surface area contributed by atoms with Gasteiger partial charge in [-0.3, -0.25) is 4.99 Å². The van der Waals surface area contributed by atoms with E-state index in [2.05, 4.69) is 27.4 Å². The molecule has 122 valence electrons. The van der Waals surface area contributed by atoms with E-state index < -0.39 is 0 Å². The van der Waals surface area contributed by atoms with Gasteiger partial charge in [-0.15, -0.1) is 0 Å². The topological polar surface area (TPSA) is 58.1 Å². The minimum absolute atomic E-state index is 0.265. The van der Waals surface area contributed by atoms with E-state index in [1.165, 1.54) is 0 Å². The lowest BCUT2D eigenvalue weighted by Crippen LogP contribution is -2.53. The van der Waals surface area contributed by atoms with Crippen LogP contribution in [0, 0.1) is 5.41 Å². The fraction of sp³-hybridized carbons (Fsp3) is 0.933. The van der Waals surface area contributed by atoms with E-state index in [1.807, 2.05) is 7.05 Å². The van der Waals surface area contributed by atoms with Gasteiger partial charge in [-0.2, -0.15) is 0 Å². The second kappa shape index (κ2) is 7.96. The van der Waals surface area contributed by atoms with E-state index in [4.69, 9.17) is 9.47 Å². The molecule has 2 fully saturated rings. The lowest BCUT2D eigenvalue weighted by Gasteiger charge is -2.39. The number of methoxy groups -OCH3 is 1. The molecule has 2 N–H and O–H groups in total. The Kier molecular flexibility index (Phi) is 6.26. The van der Waals surface area contributed by atoms with Gasteiger partial charge in [0.25, 0.3) is 0 Å². The van der Waals surface area contributed by atoms with Crippen LogP contribution >= 0.6 is 0 Å². The summed E-state index contributed by atoms with van der Waals surface area (Å²) in [6.07, 6.45) is 2.32. The molecule has 2 aliphatic rings. The molecular formula is C15H30N4O2. The maximum atomic E-state index is 5.28. The van der Waals surface area contributed by atoms with Gasteiger partial charge in [-0.1, -0.05) is 6.92 Å². The van der Waals surface area contributed by atoms with Crippen LogP contribution in [0.5, 0.6) is 0 Å². The third-order valence-corrected chi connectivity index (χ3v) is 4.35. The van der Waals surface area contributed by atoms with Gasteiger partial charge in [0.05, 0.1) is 19.8 Å². The molecule has 6 heteroatoms. The van der Waals surface area contributed by atoms with E-state index >= 15 is 0 Å². The van der Waals surface area contributed by atoms with Gasteiger partial charge in [0.2, 0.25) is 0 Å². The summed E-state index contributed by atoms with van der Waals surface area (Å²) in [4.78, 5) is 6.80. The van der Waals surface area contributed by atoms with Crippen LogP contribution in [0.4, 0.5) is 0 Å². The predicted octanol–water partition coefficient (Wildman–Crippen LogP) is 0.299. The summed E-state index contributed by atoms with van der Waals surface area (Å²) in [5, 5.41) is 6.97. The number of nitrogens with one attached hydrogen (secondary N) is 2. The molecule has 0 aromatic rings.